The Bertz CT molecular complexity index is 758. The normalized spacial score (nSPS) is 10.7. The number of ether oxygens (including phenoxy) is 2. The quantitative estimate of drug-likeness (QED) is 0.461. The highest BCUT2D eigenvalue weighted by molar-refractivity contribution is 6.14. The number of allylic oxidation sites excluding steroid dienone is 1. The minimum atomic E-state index is -0.305. The van der Waals surface area contributed by atoms with Crippen molar-refractivity contribution in [3.05, 3.63) is 65.2 Å². The maximum absolute atomic E-state index is 12.4. The van der Waals surface area contributed by atoms with E-state index in [1.54, 1.807) is 55.7 Å². The van der Waals surface area contributed by atoms with Gasteiger partial charge in [0.25, 0.3) is 0 Å². The molecule has 0 unspecified atom stereocenters. The second-order valence-electron chi connectivity index (χ2n) is 4.71. The van der Waals surface area contributed by atoms with E-state index in [9.17, 15) is 10.1 Å². The fraction of sp³-hybridized carbons (Fsp3) is 0.158. The van der Waals surface area contributed by atoms with Crippen LogP contribution in [0.15, 0.2) is 54.1 Å². The van der Waals surface area contributed by atoms with Crippen LogP contribution in [-0.2, 0) is 0 Å². The van der Waals surface area contributed by atoms with E-state index in [4.69, 9.17) is 9.47 Å². The molecule has 2 aromatic carbocycles. The van der Waals surface area contributed by atoms with Crippen molar-refractivity contribution in [1.82, 2.24) is 0 Å². The van der Waals surface area contributed by atoms with Gasteiger partial charge in [-0.15, -0.1) is 0 Å². The zero-order valence-electron chi connectivity index (χ0n) is 13.1. The summed E-state index contributed by atoms with van der Waals surface area (Å²) in [6, 6.07) is 16.0. The second-order valence-corrected chi connectivity index (χ2v) is 4.71. The SMILES string of the molecule is CCOc1ccc(C=C(C#N)C(=O)c2ccccc2)cc1OC. The van der Waals surface area contributed by atoms with Crippen molar-refractivity contribution in [3.8, 4) is 17.6 Å². The first-order valence-corrected chi connectivity index (χ1v) is 7.22. The Kier molecular flexibility index (Phi) is 5.54. The van der Waals surface area contributed by atoms with Gasteiger partial charge in [0.2, 0.25) is 5.78 Å². The summed E-state index contributed by atoms with van der Waals surface area (Å²) in [5.41, 5.74) is 1.26. The summed E-state index contributed by atoms with van der Waals surface area (Å²) in [4.78, 5) is 12.4. The van der Waals surface area contributed by atoms with Gasteiger partial charge >= 0.3 is 0 Å². The zero-order valence-corrected chi connectivity index (χ0v) is 13.1. The Morgan fingerprint density at radius 2 is 1.91 bits per heavy atom. The molecule has 0 saturated carbocycles. The summed E-state index contributed by atoms with van der Waals surface area (Å²) in [7, 11) is 1.55. The molecular formula is C19H17NO3. The predicted molar refractivity (Wildman–Crippen MR) is 88.5 cm³/mol. The summed E-state index contributed by atoms with van der Waals surface area (Å²) in [6.07, 6.45) is 1.55. The Labute approximate surface area is 135 Å². The van der Waals surface area contributed by atoms with Crippen molar-refractivity contribution in [1.29, 1.82) is 5.26 Å². The highest BCUT2D eigenvalue weighted by Crippen LogP contribution is 2.29. The lowest BCUT2D eigenvalue weighted by Gasteiger charge is -2.09. The van der Waals surface area contributed by atoms with E-state index in [1.165, 1.54) is 0 Å². The number of nitrogens with zero attached hydrogens (tertiary/aromatic N) is 1. The third kappa shape index (κ3) is 3.98. The van der Waals surface area contributed by atoms with Gasteiger partial charge in [-0.3, -0.25) is 4.79 Å². The van der Waals surface area contributed by atoms with Crippen LogP contribution in [0.25, 0.3) is 6.08 Å². The first-order valence-electron chi connectivity index (χ1n) is 7.22. The Hall–Kier alpha value is -3.06. The minimum absolute atomic E-state index is 0.0717. The van der Waals surface area contributed by atoms with Gasteiger partial charge < -0.3 is 9.47 Å². The van der Waals surface area contributed by atoms with Crippen LogP contribution in [0.5, 0.6) is 11.5 Å². The predicted octanol–water partition coefficient (Wildman–Crippen LogP) is 3.88. The molecule has 116 valence electrons. The number of methoxy groups -OCH3 is 1. The van der Waals surface area contributed by atoms with E-state index >= 15 is 0 Å². The lowest BCUT2D eigenvalue weighted by atomic mass is 10.0. The molecule has 0 radical (unpaired) electrons. The molecule has 0 saturated heterocycles. The molecule has 0 amide bonds. The van der Waals surface area contributed by atoms with Gasteiger partial charge in [0.15, 0.2) is 11.5 Å². The molecule has 2 aromatic rings. The lowest BCUT2D eigenvalue weighted by molar-refractivity contribution is 0.104. The highest BCUT2D eigenvalue weighted by Gasteiger charge is 2.12. The molecule has 0 aromatic heterocycles. The van der Waals surface area contributed by atoms with E-state index in [0.29, 0.717) is 29.2 Å². The number of hydrogen-bond acceptors (Lipinski definition) is 4. The zero-order chi connectivity index (χ0) is 16.7. The largest absolute Gasteiger partial charge is 0.493 e. The van der Waals surface area contributed by atoms with Crippen LogP contribution in [-0.4, -0.2) is 19.5 Å². The molecule has 0 aliphatic carbocycles. The van der Waals surface area contributed by atoms with Gasteiger partial charge in [-0.25, -0.2) is 0 Å². The average molecular weight is 307 g/mol. The van der Waals surface area contributed by atoms with Gasteiger partial charge in [-0.1, -0.05) is 36.4 Å². The summed E-state index contributed by atoms with van der Waals surface area (Å²) in [6.45, 7) is 2.42. The monoisotopic (exact) mass is 307 g/mol. The van der Waals surface area contributed by atoms with Crippen LogP contribution >= 0.6 is 0 Å². The number of rotatable bonds is 6. The number of carbonyl (C=O) groups is 1. The van der Waals surface area contributed by atoms with E-state index < -0.39 is 0 Å². The van der Waals surface area contributed by atoms with E-state index in [2.05, 4.69) is 0 Å². The topological polar surface area (TPSA) is 59.3 Å². The first-order chi connectivity index (χ1) is 11.2. The first kappa shape index (κ1) is 16.3. The molecule has 23 heavy (non-hydrogen) atoms. The number of benzene rings is 2. The molecule has 4 nitrogen and oxygen atoms in total. The second kappa shape index (κ2) is 7.81. The molecule has 0 atom stereocenters. The van der Waals surface area contributed by atoms with Crippen molar-refractivity contribution in [3.63, 3.8) is 0 Å². The van der Waals surface area contributed by atoms with Gasteiger partial charge in [0.1, 0.15) is 11.6 Å². The van der Waals surface area contributed by atoms with Crippen LogP contribution in [0.2, 0.25) is 0 Å². The van der Waals surface area contributed by atoms with E-state index in [-0.39, 0.29) is 11.4 Å². The van der Waals surface area contributed by atoms with Gasteiger partial charge in [0, 0.05) is 5.56 Å². The third-order valence-electron chi connectivity index (χ3n) is 3.20. The van der Waals surface area contributed by atoms with Crippen molar-refractivity contribution < 1.29 is 14.3 Å². The van der Waals surface area contributed by atoms with Gasteiger partial charge in [0.05, 0.1) is 13.7 Å². The molecule has 4 heteroatoms. The molecule has 0 aliphatic rings. The molecule has 0 N–H and O–H groups in total. The van der Waals surface area contributed by atoms with Crippen molar-refractivity contribution in [2.75, 3.05) is 13.7 Å². The minimum Gasteiger partial charge on any atom is -0.493 e. The lowest BCUT2D eigenvalue weighted by Crippen LogP contribution is -2.01. The smallest absolute Gasteiger partial charge is 0.203 e. The van der Waals surface area contributed by atoms with Crippen LogP contribution in [0.3, 0.4) is 0 Å². The number of ketones is 1. The van der Waals surface area contributed by atoms with Crippen molar-refractivity contribution in [2.24, 2.45) is 0 Å². The standard InChI is InChI=1S/C19H17NO3/c1-3-23-17-10-9-14(12-18(17)22-2)11-16(13-20)19(21)15-7-5-4-6-8-15/h4-12H,3H2,1-2H3. The maximum atomic E-state index is 12.4. The fourth-order valence-corrected chi connectivity index (χ4v) is 2.11. The fourth-order valence-electron chi connectivity index (χ4n) is 2.11. The van der Waals surface area contributed by atoms with Crippen molar-refractivity contribution >= 4 is 11.9 Å². The maximum Gasteiger partial charge on any atom is 0.203 e. The number of carbonyl (C=O) groups excluding carboxylic acids is 1. The van der Waals surface area contributed by atoms with Crippen LogP contribution in [0, 0.1) is 11.3 Å². The molecule has 0 spiro atoms. The van der Waals surface area contributed by atoms with E-state index in [1.807, 2.05) is 19.1 Å². The number of nitriles is 1. The van der Waals surface area contributed by atoms with Crippen LogP contribution in [0.4, 0.5) is 0 Å². The summed E-state index contributed by atoms with van der Waals surface area (Å²) in [5.74, 6) is 0.881. The highest BCUT2D eigenvalue weighted by atomic mass is 16.5. The molecular weight excluding hydrogens is 290 g/mol. The third-order valence-corrected chi connectivity index (χ3v) is 3.20. The molecule has 0 fully saturated rings. The Morgan fingerprint density at radius 1 is 1.17 bits per heavy atom. The summed E-state index contributed by atoms with van der Waals surface area (Å²) in [5, 5.41) is 9.29. The molecule has 2 rings (SSSR count). The van der Waals surface area contributed by atoms with E-state index in [0.717, 1.165) is 0 Å². The van der Waals surface area contributed by atoms with Gasteiger partial charge in [-0.2, -0.15) is 5.26 Å². The Morgan fingerprint density at radius 3 is 2.52 bits per heavy atom. The van der Waals surface area contributed by atoms with Crippen molar-refractivity contribution in [2.45, 2.75) is 6.92 Å². The Balaban J connectivity index is 2.35. The molecule has 0 bridgehead atoms. The van der Waals surface area contributed by atoms with Gasteiger partial charge in [-0.05, 0) is 30.7 Å². The van der Waals surface area contributed by atoms with Crippen LogP contribution < -0.4 is 9.47 Å². The van der Waals surface area contributed by atoms with Crippen LogP contribution in [0.1, 0.15) is 22.8 Å². The average Bonchev–Trinajstić information content (AvgIpc) is 2.61. The molecule has 0 heterocycles. The summed E-state index contributed by atoms with van der Waals surface area (Å²) < 4.78 is 10.7. The number of Topliss-reactive ketones (excluding diaryl/α,β-unsaturated/α-hetero) is 1. The number of hydrogen-bond donors (Lipinski definition) is 0. The molecule has 0 aliphatic heterocycles. The summed E-state index contributed by atoms with van der Waals surface area (Å²) >= 11 is 0.